The third-order valence-corrected chi connectivity index (χ3v) is 5.52. The fourth-order valence-electron chi connectivity index (χ4n) is 1.89. The number of aromatic nitrogens is 2. The van der Waals surface area contributed by atoms with Crippen LogP contribution >= 0.6 is 11.8 Å². The number of sulfone groups is 1. The minimum atomic E-state index is -2.90. The lowest BCUT2D eigenvalue weighted by Crippen LogP contribution is -2.16. The van der Waals surface area contributed by atoms with E-state index in [1.807, 2.05) is 18.7 Å². The van der Waals surface area contributed by atoms with Gasteiger partial charge in [-0.15, -0.1) is 11.8 Å². The quantitative estimate of drug-likeness (QED) is 0.765. The van der Waals surface area contributed by atoms with E-state index in [1.165, 1.54) is 24.7 Å². The molecule has 2 rings (SSSR count). The molecule has 0 unspecified atom stereocenters. The van der Waals surface area contributed by atoms with E-state index in [9.17, 15) is 8.42 Å². The second kappa shape index (κ2) is 5.85. The van der Waals surface area contributed by atoms with Crippen LogP contribution in [0.4, 0.5) is 0 Å². The Balaban J connectivity index is 2.00. The van der Waals surface area contributed by atoms with Crippen LogP contribution in [-0.2, 0) is 23.4 Å². The van der Waals surface area contributed by atoms with Crippen molar-refractivity contribution in [3.63, 3.8) is 0 Å². The lowest BCUT2D eigenvalue weighted by atomic mass is 10.2. The molecule has 0 amide bonds. The molecule has 0 bridgehead atoms. The number of hydrogen-bond donors (Lipinski definition) is 1. The summed E-state index contributed by atoms with van der Waals surface area (Å²) in [6.45, 7) is 2.83. The Labute approximate surface area is 119 Å². The van der Waals surface area contributed by atoms with Crippen LogP contribution in [0, 0.1) is 6.92 Å². The van der Waals surface area contributed by atoms with Gasteiger partial charge in [0.25, 0.3) is 0 Å². The zero-order chi connectivity index (χ0) is 14.0. The topological polar surface area (TPSA) is 64.0 Å². The number of hydrogen-bond acceptors (Lipinski definition) is 5. The third-order valence-electron chi connectivity index (χ3n) is 3.13. The largest absolute Gasteiger partial charge is 0.310 e. The third kappa shape index (κ3) is 4.50. The van der Waals surface area contributed by atoms with Gasteiger partial charge in [0.2, 0.25) is 0 Å². The van der Waals surface area contributed by atoms with Gasteiger partial charge in [0, 0.05) is 37.2 Å². The van der Waals surface area contributed by atoms with Crippen molar-refractivity contribution in [1.29, 1.82) is 0 Å². The van der Waals surface area contributed by atoms with Gasteiger partial charge in [-0.25, -0.2) is 8.42 Å². The molecule has 1 aromatic rings. The van der Waals surface area contributed by atoms with Crippen LogP contribution in [0.2, 0.25) is 0 Å². The van der Waals surface area contributed by atoms with Gasteiger partial charge in [-0.3, -0.25) is 4.68 Å². The van der Waals surface area contributed by atoms with E-state index < -0.39 is 9.84 Å². The zero-order valence-corrected chi connectivity index (χ0v) is 13.3. The number of rotatable bonds is 7. The fourth-order valence-corrected chi connectivity index (χ4v) is 4.25. The Hall–Kier alpha value is -0.530. The monoisotopic (exact) mass is 303 g/mol. The molecule has 1 N–H and O–H groups in total. The van der Waals surface area contributed by atoms with Gasteiger partial charge in [0.15, 0.2) is 0 Å². The molecule has 1 aliphatic carbocycles. The molecule has 0 aromatic carbocycles. The van der Waals surface area contributed by atoms with Gasteiger partial charge < -0.3 is 5.32 Å². The Morgan fingerprint density at radius 1 is 1.47 bits per heavy atom. The molecule has 19 heavy (non-hydrogen) atoms. The number of nitrogens with one attached hydrogen (secondary N) is 1. The summed E-state index contributed by atoms with van der Waals surface area (Å²) in [6.07, 6.45) is 3.79. The second-order valence-electron chi connectivity index (χ2n) is 5.13. The lowest BCUT2D eigenvalue weighted by molar-refractivity contribution is 0.603. The summed E-state index contributed by atoms with van der Waals surface area (Å²) in [5.41, 5.74) is 2.23. The van der Waals surface area contributed by atoms with E-state index >= 15 is 0 Å². The first kappa shape index (κ1) is 14.9. The van der Waals surface area contributed by atoms with Crippen LogP contribution < -0.4 is 5.32 Å². The highest BCUT2D eigenvalue weighted by molar-refractivity contribution is 8.00. The predicted octanol–water partition coefficient (Wildman–Crippen LogP) is 1.12. The van der Waals surface area contributed by atoms with Crippen LogP contribution in [0.5, 0.6) is 0 Å². The summed E-state index contributed by atoms with van der Waals surface area (Å²) in [5, 5.41) is 9.00. The zero-order valence-electron chi connectivity index (χ0n) is 11.6. The van der Waals surface area contributed by atoms with Crippen molar-refractivity contribution in [3.05, 3.63) is 11.3 Å². The fraction of sp³-hybridized carbons (Fsp3) is 0.750. The first-order chi connectivity index (χ1) is 8.87. The molecule has 1 aromatic heterocycles. The van der Waals surface area contributed by atoms with Crippen LogP contribution in [0.1, 0.15) is 24.1 Å². The molecule has 1 fully saturated rings. The molecule has 7 heteroatoms. The molecule has 0 aliphatic heterocycles. The van der Waals surface area contributed by atoms with Crippen molar-refractivity contribution in [1.82, 2.24) is 15.1 Å². The van der Waals surface area contributed by atoms with E-state index in [2.05, 4.69) is 10.4 Å². The smallest absolute Gasteiger partial charge is 0.148 e. The van der Waals surface area contributed by atoms with Crippen molar-refractivity contribution in [2.75, 3.05) is 17.8 Å². The molecular formula is C12H21N3O2S2. The molecule has 0 atom stereocenters. The van der Waals surface area contributed by atoms with Crippen molar-refractivity contribution < 1.29 is 8.42 Å². The van der Waals surface area contributed by atoms with Crippen molar-refractivity contribution >= 4 is 21.6 Å². The molecule has 0 saturated heterocycles. The van der Waals surface area contributed by atoms with Gasteiger partial charge in [-0.05, 0) is 19.8 Å². The Morgan fingerprint density at radius 2 is 2.16 bits per heavy atom. The predicted molar refractivity (Wildman–Crippen MR) is 78.2 cm³/mol. The van der Waals surface area contributed by atoms with Crippen LogP contribution in [-0.4, -0.2) is 42.0 Å². The van der Waals surface area contributed by atoms with Crippen LogP contribution in [0.3, 0.4) is 0 Å². The van der Waals surface area contributed by atoms with E-state index in [1.54, 1.807) is 11.8 Å². The molecule has 0 radical (unpaired) electrons. The molecule has 1 saturated carbocycles. The highest BCUT2D eigenvalue weighted by Gasteiger charge is 2.22. The molecule has 1 aliphatic rings. The van der Waals surface area contributed by atoms with Crippen molar-refractivity contribution in [2.45, 2.75) is 37.4 Å². The maximum Gasteiger partial charge on any atom is 0.148 e. The van der Waals surface area contributed by atoms with Gasteiger partial charge in [-0.2, -0.15) is 5.10 Å². The summed E-state index contributed by atoms with van der Waals surface area (Å²) in [4.78, 5) is 0. The summed E-state index contributed by atoms with van der Waals surface area (Å²) >= 11 is 1.57. The van der Waals surface area contributed by atoms with E-state index in [-0.39, 0.29) is 5.75 Å². The number of nitrogens with zero attached hydrogens (tertiary/aromatic N) is 2. The van der Waals surface area contributed by atoms with Gasteiger partial charge >= 0.3 is 0 Å². The Morgan fingerprint density at radius 3 is 2.74 bits per heavy atom. The van der Waals surface area contributed by atoms with E-state index in [0.717, 1.165) is 17.3 Å². The van der Waals surface area contributed by atoms with Gasteiger partial charge in [-0.1, -0.05) is 0 Å². The van der Waals surface area contributed by atoms with Gasteiger partial charge in [0.1, 0.15) is 9.84 Å². The van der Waals surface area contributed by atoms with E-state index in [4.69, 9.17) is 0 Å². The second-order valence-corrected chi connectivity index (χ2v) is 8.47. The maximum absolute atomic E-state index is 11.2. The molecule has 5 nitrogen and oxygen atoms in total. The molecular weight excluding hydrogens is 282 g/mol. The SMILES string of the molecule is Cc1nn(C)c(SCCS(C)(=O)=O)c1CNC1CC1. The summed E-state index contributed by atoms with van der Waals surface area (Å²) in [5.74, 6) is 0.783. The van der Waals surface area contributed by atoms with Gasteiger partial charge in [0.05, 0.1) is 16.5 Å². The average Bonchev–Trinajstić information content (AvgIpc) is 3.05. The summed E-state index contributed by atoms with van der Waals surface area (Å²) < 4.78 is 24.2. The van der Waals surface area contributed by atoms with Crippen molar-refractivity contribution in [2.24, 2.45) is 7.05 Å². The minimum absolute atomic E-state index is 0.206. The van der Waals surface area contributed by atoms with Crippen molar-refractivity contribution in [3.8, 4) is 0 Å². The Kier molecular flexibility index (Phi) is 4.58. The summed E-state index contributed by atoms with van der Waals surface area (Å²) in [6, 6.07) is 0.661. The normalized spacial score (nSPS) is 15.9. The molecule has 108 valence electrons. The van der Waals surface area contributed by atoms with E-state index in [0.29, 0.717) is 11.8 Å². The standard InChI is InChI=1S/C12H21N3O2S2/c1-9-11(8-13-10-4-5-10)12(15(2)14-9)18-6-7-19(3,16)17/h10,13H,4-8H2,1-3H3. The minimum Gasteiger partial charge on any atom is -0.310 e. The maximum atomic E-state index is 11.2. The lowest BCUT2D eigenvalue weighted by Gasteiger charge is -2.07. The highest BCUT2D eigenvalue weighted by Crippen LogP contribution is 2.26. The first-order valence-electron chi connectivity index (χ1n) is 6.43. The summed E-state index contributed by atoms with van der Waals surface area (Å²) in [7, 11) is -0.982. The van der Waals surface area contributed by atoms with Crippen LogP contribution in [0.15, 0.2) is 5.03 Å². The Bertz CT molecular complexity index is 548. The number of thioether (sulfide) groups is 1. The molecule has 1 heterocycles. The first-order valence-corrected chi connectivity index (χ1v) is 9.48. The highest BCUT2D eigenvalue weighted by atomic mass is 32.2. The van der Waals surface area contributed by atoms with Crippen LogP contribution in [0.25, 0.3) is 0 Å². The average molecular weight is 303 g/mol. The number of aryl methyl sites for hydroxylation is 2. The molecule has 0 spiro atoms.